The van der Waals surface area contributed by atoms with Crippen molar-refractivity contribution in [2.24, 2.45) is 0 Å². The highest BCUT2D eigenvalue weighted by Crippen LogP contribution is 2.23. The minimum absolute atomic E-state index is 0.368. The second-order valence-corrected chi connectivity index (χ2v) is 6.37. The van der Waals surface area contributed by atoms with E-state index in [1.165, 1.54) is 7.11 Å². The maximum Gasteiger partial charge on any atom is 0.339 e. The van der Waals surface area contributed by atoms with Gasteiger partial charge in [0.1, 0.15) is 10.8 Å². The first-order valence-electron chi connectivity index (χ1n) is 7.97. The first-order valence-corrected chi connectivity index (χ1v) is 8.85. The summed E-state index contributed by atoms with van der Waals surface area (Å²) in [4.78, 5) is 20.6. The number of hydrogen-bond acceptors (Lipinski definition) is 6. The van der Waals surface area contributed by atoms with Crippen molar-refractivity contribution in [3.05, 3.63) is 64.8 Å². The molecule has 6 heteroatoms. The van der Waals surface area contributed by atoms with Gasteiger partial charge >= 0.3 is 5.97 Å². The molecule has 0 radical (unpaired) electrons. The Kier molecular flexibility index (Phi) is 5.40. The van der Waals surface area contributed by atoms with Crippen LogP contribution in [-0.2, 0) is 11.2 Å². The first-order chi connectivity index (χ1) is 12.2. The summed E-state index contributed by atoms with van der Waals surface area (Å²) >= 11 is 1.65. The molecule has 3 rings (SSSR count). The third-order valence-corrected chi connectivity index (χ3v) is 4.69. The highest BCUT2D eigenvalue weighted by atomic mass is 32.1. The molecule has 0 saturated carbocycles. The molecule has 0 aliphatic carbocycles. The molecule has 0 aliphatic rings. The number of methoxy groups -OCH3 is 1. The number of carbonyl (C=O) groups is 1. The van der Waals surface area contributed by atoms with Gasteiger partial charge in [-0.25, -0.2) is 14.8 Å². The third kappa shape index (κ3) is 4.22. The smallest absolute Gasteiger partial charge is 0.339 e. The molecule has 0 atom stereocenters. The van der Waals surface area contributed by atoms with Crippen LogP contribution in [0.1, 0.15) is 21.7 Å². The van der Waals surface area contributed by atoms with E-state index in [0.717, 1.165) is 35.0 Å². The molecular formula is C19H19N3O2S. The number of anilines is 1. The number of aromatic nitrogens is 2. The Morgan fingerprint density at radius 2 is 1.96 bits per heavy atom. The van der Waals surface area contributed by atoms with Crippen molar-refractivity contribution in [2.45, 2.75) is 13.3 Å². The van der Waals surface area contributed by atoms with E-state index >= 15 is 0 Å². The zero-order chi connectivity index (χ0) is 17.6. The fourth-order valence-corrected chi connectivity index (χ4v) is 3.30. The summed E-state index contributed by atoms with van der Waals surface area (Å²) in [6, 6.07) is 13.7. The van der Waals surface area contributed by atoms with Crippen LogP contribution < -0.4 is 5.32 Å². The highest BCUT2D eigenvalue weighted by Gasteiger charge is 2.10. The SMILES string of the molecule is COC(=O)c1ccc(NCCc2csc(-c3ccccc3)n2)nc1C. The molecule has 1 aromatic carbocycles. The van der Waals surface area contributed by atoms with E-state index in [4.69, 9.17) is 4.74 Å². The molecule has 3 aromatic rings. The van der Waals surface area contributed by atoms with E-state index in [0.29, 0.717) is 11.3 Å². The number of ether oxygens (including phenoxy) is 1. The zero-order valence-corrected chi connectivity index (χ0v) is 15.0. The predicted octanol–water partition coefficient (Wildman–Crippen LogP) is 3.95. The van der Waals surface area contributed by atoms with Crippen LogP contribution in [-0.4, -0.2) is 29.6 Å². The van der Waals surface area contributed by atoms with Crippen molar-refractivity contribution in [2.75, 3.05) is 19.0 Å². The van der Waals surface area contributed by atoms with Gasteiger partial charge in [-0.1, -0.05) is 30.3 Å². The lowest BCUT2D eigenvalue weighted by Crippen LogP contribution is -2.10. The molecule has 5 nitrogen and oxygen atoms in total. The van der Waals surface area contributed by atoms with E-state index < -0.39 is 0 Å². The molecular weight excluding hydrogens is 334 g/mol. The van der Waals surface area contributed by atoms with Crippen LogP contribution in [0.4, 0.5) is 5.82 Å². The van der Waals surface area contributed by atoms with Gasteiger partial charge in [0, 0.05) is 23.9 Å². The summed E-state index contributed by atoms with van der Waals surface area (Å²) < 4.78 is 4.73. The van der Waals surface area contributed by atoms with Crippen LogP contribution in [0.5, 0.6) is 0 Å². The standard InChI is InChI=1S/C19H19N3O2S/c1-13-16(19(23)24-2)8-9-17(21-13)20-11-10-15-12-25-18(22-15)14-6-4-3-5-7-14/h3-9,12H,10-11H2,1-2H3,(H,20,21). The quantitative estimate of drug-likeness (QED) is 0.680. The van der Waals surface area contributed by atoms with E-state index in [1.54, 1.807) is 30.4 Å². The van der Waals surface area contributed by atoms with Crippen molar-refractivity contribution in [1.82, 2.24) is 9.97 Å². The van der Waals surface area contributed by atoms with E-state index in [2.05, 4.69) is 32.8 Å². The molecule has 0 bridgehead atoms. The number of hydrogen-bond donors (Lipinski definition) is 1. The number of rotatable bonds is 6. The van der Waals surface area contributed by atoms with E-state index in [1.807, 2.05) is 18.2 Å². The Labute approximate surface area is 150 Å². The van der Waals surface area contributed by atoms with Crippen LogP contribution in [0.25, 0.3) is 10.6 Å². The van der Waals surface area contributed by atoms with Gasteiger partial charge in [0.2, 0.25) is 0 Å². The van der Waals surface area contributed by atoms with Gasteiger partial charge in [-0.15, -0.1) is 11.3 Å². The second kappa shape index (κ2) is 7.90. The lowest BCUT2D eigenvalue weighted by Gasteiger charge is -2.08. The molecule has 2 heterocycles. The lowest BCUT2D eigenvalue weighted by atomic mass is 10.2. The van der Waals surface area contributed by atoms with Crippen molar-refractivity contribution in [1.29, 1.82) is 0 Å². The number of nitrogens with zero attached hydrogens (tertiary/aromatic N) is 2. The van der Waals surface area contributed by atoms with Crippen LogP contribution in [0.3, 0.4) is 0 Å². The molecule has 0 unspecified atom stereocenters. The summed E-state index contributed by atoms with van der Waals surface area (Å²) in [6.45, 7) is 2.52. The number of esters is 1. The molecule has 1 N–H and O–H groups in total. The van der Waals surface area contributed by atoms with Gasteiger partial charge in [-0.3, -0.25) is 0 Å². The molecule has 0 aliphatic heterocycles. The molecule has 128 valence electrons. The molecule has 0 fully saturated rings. The first kappa shape index (κ1) is 17.1. The van der Waals surface area contributed by atoms with Crippen molar-refractivity contribution >= 4 is 23.1 Å². The largest absolute Gasteiger partial charge is 0.465 e. The highest BCUT2D eigenvalue weighted by molar-refractivity contribution is 7.13. The topological polar surface area (TPSA) is 64.1 Å². The van der Waals surface area contributed by atoms with E-state index in [-0.39, 0.29) is 5.97 Å². The molecule has 25 heavy (non-hydrogen) atoms. The fraction of sp³-hybridized carbons (Fsp3) is 0.211. The maximum absolute atomic E-state index is 11.6. The number of aryl methyl sites for hydroxylation is 1. The number of carbonyl (C=O) groups excluding carboxylic acids is 1. The number of nitrogens with one attached hydrogen (secondary N) is 1. The summed E-state index contributed by atoms with van der Waals surface area (Å²) in [7, 11) is 1.37. The van der Waals surface area contributed by atoms with Gasteiger partial charge in [-0.05, 0) is 19.1 Å². The summed E-state index contributed by atoms with van der Waals surface area (Å²) in [5, 5.41) is 6.39. The Hall–Kier alpha value is -2.73. The van der Waals surface area contributed by atoms with Gasteiger partial charge in [0.15, 0.2) is 0 Å². The van der Waals surface area contributed by atoms with Crippen molar-refractivity contribution in [3.8, 4) is 10.6 Å². The Bertz CT molecular complexity index is 862. The van der Waals surface area contributed by atoms with Crippen LogP contribution in [0.15, 0.2) is 47.8 Å². The summed E-state index contributed by atoms with van der Waals surface area (Å²) in [6.07, 6.45) is 0.808. The van der Waals surface area contributed by atoms with Crippen LogP contribution in [0, 0.1) is 6.92 Å². The van der Waals surface area contributed by atoms with E-state index in [9.17, 15) is 4.79 Å². The monoisotopic (exact) mass is 353 g/mol. The van der Waals surface area contributed by atoms with Crippen molar-refractivity contribution < 1.29 is 9.53 Å². The minimum Gasteiger partial charge on any atom is -0.465 e. The predicted molar refractivity (Wildman–Crippen MR) is 100 cm³/mol. The fourth-order valence-electron chi connectivity index (χ4n) is 2.44. The van der Waals surface area contributed by atoms with Crippen LogP contribution >= 0.6 is 11.3 Å². The molecule has 0 saturated heterocycles. The van der Waals surface area contributed by atoms with Gasteiger partial charge < -0.3 is 10.1 Å². The number of benzene rings is 1. The zero-order valence-electron chi connectivity index (χ0n) is 14.2. The Morgan fingerprint density at radius 3 is 2.68 bits per heavy atom. The molecule has 0 amide bonds. The van der Waals surface area contributed by atoms with Gasteiger partial charge in [0.25, 0.3) is 0 Å². The van der Waals surface area contributed by atoms with Crippen LogP contribution in [0.2, 0.25) is 0 Å². The average molecular weight is 353 g/mol. The second-order valence-electron chi connectivity index (χ2n) is 5.51. The molecule has 2 aromatic heterocycles. The number of pyridine rings is 1. The van der Waals surface area contributed by atoms with Gasteiger partial charge in [0.05, 0.1) is 24.1 Å². The molecule has 0 spiro atoms. The normalized spacial score (nSPS) is 10.5. The summed E-state index contributed by atoms with van der Waals surface area (Å²) in [5.74, 6) is 0.371. The Balaban J connectivity index is 1.57. The van der Waals surface area contributed by atoms with Crippen molar-refractivity contribution in [3.63, 3.8) is 0 Å². The third-order valence-electron chi connectivity index (χ3n) is 3.75. The number of thiazole rings is 1. The average Bonchev–Trinajstić information content (AvgIpc) is 3.11. The maximum atomic E-state index is 11.6. The summed E-state index contributed by atoms with van der Waals surface area (Å²) in [5.41, 5.74) is 3.33. The lowest BCUT2D eigenvalue weighted by molar-refractivity contribution is 0.0599. The Morgan fingerprint density at radius 1 is 1.16 bits per heavy atom. The van der Waals surface area contributed by atoms with Gasteiger partial charge in [-0.2, -0.15) is 0 Å². The minimum atomic E-state index is -0.368.